The molecule has 0 spiro atoms. The number of hydrogen-bond acceptors (Lipinski definition) is 2. The number of hydrogen-bond donors (Lipinski definition) is 1. The molecule has 3 nitrogen and oxygen atoms in total. The Morgan fingerprint density at radius 1 is 1.10 bits per heavy atom. The van der Waals surface area contributed by atoms with E-state index < -0.39 is 0 Å². The zero-order chi connectivity index (χ0) is 14.7. The average molecular weight is 287 g/mol. The van der Waals surface area contributed by atoms with E-state index in [2.05, 4.69) is 13.8 Å². The van der Waals surface area contributed by atoms with Crippen LogP contribution in [0, 0.1) is 29.6 Å². The van der Waals surface area contributed by atoms with Crippen molar-refractivity contribution in [3.05, 3.63) is 11.3 Å². The van der Waals surface area contributed by atoms with E-state index in [0.29, 0.717) is 11.8 Å². The molecule has 4 bridgehead atoms. The number of nitrogens with two attached hydrogens (primary N) is 1. The highest BCUT2D eigenvalue weighted by atomic mass is 15.3. The second kappa shape index (κ2) is 4.76. The fourth-order valence-electron chi connectivity index (χ4n) is 5.86. The van der Waals surface area contributed by atoms with E-state index in [-0.39, 0.29) is 0 Å². The Hall–Kier alpha value is -0.990. The van der Waals surface area contributed by atoms with E-state index in [1.54, 1.807) is 0 Å². The van der Waals surface area contributed by atoms with Gasteiger partial charge >= 0.3 is 0 Å². The van der Waals surface area contributed by atoms with Crippen molar-refractivity contribution in [2.24, 2.45) is 36.6 Å². The molecule has 0 atom stereocenters. The summed E-state index contributed by atoms with van der Waals surface area (Å²) in [7, 11) is 2.01. The molecule has 3 heteroatoms. The maximum Gasteiger partial charge on any atom is 0.124 e. The van der Waals surface area contributed by atoms with Gasteiger partial charge in [-0.25, -0.2) is 0 Å². The predicted octanol–water partition coefficient (Wildman–Crippen LogP) is 3.74. The van der Waals surface area contributed by atoms with E-state index in [9.17, 15) is 0 Å². The molecule has 1 heterocycles. The van der Waals surface area contributed by atoms with Crippen molar-refractivity contribution in [1.82, 2.24) is 9.78 Å². The van der Waals surface area contributed by atoms with Gasteiger partial charge in [-0.15, -0.1) is 0 Å². The third-order valence-electron chi connectivity index (χ3n) is 6.38. The molecule has 0 aromatic carbocycles. The summed E-state index contributed by atoms with van der Waals surface area (Å²) < 4.78 is 1.93. The number of aromatic nitrogens is 2. The van der Waals surface area contributed by atoms with Gasteiger partial charge in [0.15, 0.2) is 0 Å². The van der Waals surface area contributed by atoms with Gasteiger partial charge < -0.3 is 5.73 Å². The third-order valence-corrected chi connectivity index (χ3v) is 6.38. The van der Waals surface area contributed by atoms with Gasteiger partial charge in [0.05, 0.1) is 5.69 Å². The lowest BCUT2D eigenvalue weighted by molar-refractivity contribution is -0.00461. The monoisotopic (exact) mass is 287 g/mol. The van der Waals surface area contributed by atoms with E-state index in [4.69, 9.17) is 10.8 Å². The van der Waals surface area contributed by atoms with Crippen LogP contribution in [-0.2, 0) is 13.5 Å². The van der Waals surface area contributed by atoms with E-state index in [1.165, 1.54) is 43.4 Å². The average Bonchev–Trinajstić information content (AvgIpc) is 2.65. The van der Waals surface area contributed by atoms with Crippen molar-refractivity contribution in [3.63, 3.8) is 0 Å². The highest BCUT2D eigenvalue weighted by molar-refractivity contribution is 5.45. The summed E-state index contributed by atoms with van der Waals surface area (Å²) in [4.78, 5) is 0. The van der Waals surface area contributed by atoms with Crippen molar-refractivity contribution in [2.45, 2.75) is 58.3 Å². The maximum atomic E-state index is 6.35. The van der Waals surface area contributed by atoms with Gasteiger partial charge in [0, 0.05) is 18.5 Å². The Balaban J connectivity index is 1.71. The van der Waals surface area contributed by atoms with Gasteiger partial charge in [0.1, 0.15) is 5.82 Å². The Kier molecular flexibility index (Phi) is 3.09. The fraction of sp³-hybridized carbons (Fsp3) is 0.833. The number of aryl methyl sites for hydroxylation is 1. The summed E-state index contributed by atoms with van der Waals surface area (Å²) in [5.74, 6) is 6.09. The minimum atomic E-state index is 0.645. The van der Waals surface area contributed by atoms with Gasteiger partial charge in [0.25, 0.3) is 0 Å². The minimum Gasteiger partial charge on any atom is -0.384 e. The van der Waals surface area contributed by atoms with Crippen LogP contribution in [0.2, 0.25) is 0 Å². The summed E-state index contributed by atoms with van der Waals surface area (Å²) in [5, 5.41) is 4.90. The topological polar surface area (TPSA) is 43.8 Å². The standard InChI is InChI=1S/C18H29N3/c1-10(2)4-15-17(20-21(3)18(15)19)16-13-6-11-5-12(8-13)9-14(16)7-11/h10-14,16H,4-9,19H2,1-3H3. The van der Waals surface area contributed by atoms with Crippen LogP contribution in [0.25, 0.3) is 0 Å². The Labute approximate surface area is 128 Å². The molecule has 4 aliphatic rings. The molecule has 4 saturated carbocycles. The third kappa shape index (κ3) is 2.11. The molecular weight excluding hydrogens is 258 g/mol. The van der Waals surface area contributed by atoms with Gasteiger partial charge in [-0.05, 0) is 68.1 Å². The minimum absolute atomic E-state index is 0.645. The number of nitrogen functional groups attached to an aromatic ring is 1. The molecule has 21 heavy (non-hydrogen) atoms. The Bertz CT molecular complexity index is 515. The van der Waals surface area contributed by atoms with E-state index in [0.717, 1.165) is 35.9 Å². The highest BCUT2D eigenvalue weighted by Crippen LogP contribution is 2.60. The van der Waals surface area contributed by atoms with Gasteiger partial charge in [-0.3, -0.25) is 4.68 Å². The van der Waals surface area contributed by atoms with Crippen LogP contribution in [0.3, 0.4) is 0 Å². The summed E-state index contributed by atoms with van der Waals surface area (Å²) in [6.45, 7) is 4.57. The second-order valence-corrected chi connectivity index (χ2v) is 8.43. The molecule has 4 fully saturated rings. The lowest BCUT2D eigenvalue weighted by atomic mass is 9.51. The fourth-order valence-corrected chi connectivity index (χ4v) is 5.86. The Morgan fingerprint density at radius 3 is 2.19 bits per heavy atom. The maximum absolute atomic E-state index is 6.35. The molecule has 0 unspecified atom stereocenters. The van der Waals surface area contributed by atoms with Crippen LogP contribution < -0.4 is 5.73 Å². The zero-order valence-electron chi connectivity index (χ0n) is 13.7. The molecule has 2 N–H and O–H groups in total. The summed E-state index contributed by atoms with van der Waals surface area (Å²) >= 11 is 0. The van der Waals surface area contributed by atoms with E-state index >= 15 is 0 Å². The van der Waals surface area contributed by atoms with Gasteiger partial charge in [-0.1, -0.05) is 13.8 Å². The van der Waals surface area contributed by atoms with Gasteiger partial charge in [0.2, 0.25) is 0 Å². The van der Waals surface area contributed by atoms with Crippen molar-refractivity contribution in [3.8, 4) is 0 Å². The smallest absolute Gasteiger partial charge is 0.124 e. The molecular formula is C18H29N3. The first-order valence-electron chi connectivity index (χ1n) is 8.84. The lowest BCUT2D eigenvalue weighted by Gasteiger charge is -2.54. The van der Waals surface area contributed by atoms with Gasteiger partial charge in [-0.2, -0.15) is 5.10 Å². The largest absolute Gasteiger partial charge is 0.384 e. The second-order valence-electron chi connectivity index (χ2n) is 8.43. The SMILES string of the molecule is CC(C)Cc1c(C2C3CC4CC(C3)CC2C4)nn(C)c1N. The lowest BCUT2D eigenvalue weighted by Crippen LogP contribution is -2.44. The number of rotatable bonds is 3. The first kappa shape index (κ1) is 13.7. The molecule has 5 rings (SSSR count). The summed E-state index contributed by atoms with van der Waals surface area (Å²) in [6, 6.07) is 0. The quantitative estimate of drug-likeness (QED) is 0.920. The molecule has 0 amide bonds. The molecule has 0 radical (unpaired) electrons. The molecule has 0 saturated heterocycles. The molecule has 4 aliphatic carbocycles. The first-order chi connectivity index (χ1) is 10.0. The van der Waals surface area contributed by atoms with Crippen LogP contribution in [-0.4, -0.2) is 9.78 Å². The predicted molar refractivity (Wildman–Crippen MR) is 85.9 cm³/mol. The van der Waals surface area contributed by atoms with Crippen molar-refractivity contribution in [2.75, 3.05) is 5.73 Å². The number of anilines is 1. The number of nitrogens with zero attached hydrogens (tertiary/aromatic N) is 2. The molecule has 0 aliphatic heterocycles. The van der Waals surface area contributed by atoms with Crippen molar-refractivity contribution < 1.29 is 0 Å². The van der Waals surface area contributed by atoms with Crippen molar-refractivity contribution in [1.29, 1.82) is 0 Å². The highest BCUT2D eigenvalue weighted by Gasteiger charge is 2.50. The van der Waals surface area contributed by atoms with E-state index in [1.807, 2.05) is 11.7 Å². The van der Waals surface area contributed by atoms with Crippen LogP contribution in [0.4, 0.5) is 5.82 Å². The van der Waals surface area contributed by atoms with Crippen LogP contribution in [0.1, 0.15) is 63.1 Å². The summed E-state index contributed by atoms with van der Waals surface area (Å²) in [6.07, 6.45) is 8.41. The van der Waals surface area contributed by atoms with Crippen LogP contribution in [0.15, 0.2) is 0 Å². The first-order valence-corrected chi connectivity index (χ1v) is 8.84. The molecule has 116 valence electrons. The van der Waals surface area contributed by atoms with Crippen molar-refractivity contribution >= 4 is 5.82 Å². The Morgan fingerprint density at radius 2 is 1.67 bits per heavy atom. The zero-order valence-corrected chi connectivity index (χ0v) is 13.7. The normalized spacial score (nSPS) is 37.6. The van der Waals surface area contributed by atoms with Crippen LogP contribution in [0.5, 0.6) is 0 Å². The molecule has 1 aromatic rings. The summed E-state index contributed by atoms with van der Waals surface area (Å²) in [5.41, 5.74) is 9.08. The molecule has 1 aromatic heterocycles. The van der Waals surface area contributed by atoms with Crippen LogP contribution >= 0.6 is 0 Å².